The first-order valence-electron chi connectivity index (χ1n) is 7.25. The van der Waals surface area contributed by atoms with E-state index in [4.69, 9.17) is 0 Å². The number of nitrogens with one attached hydrogen (secondary N) is 2. The summed E-state index contributed by atoms with van der Waals surface area (Å²) < 4.78 is 14.5. The number of carbonyl (C=O) groups excluding carboxylic acids is 2. The van der Waals surface area contributed by atoms with Crippen LogP contribution in [-0.2, 0) is 15.3 Å². The van der Waals surface area contributed by atoms with Gasteiger partial charge in [0.2, 0.25) is 11.6 Å². The number of hydrogen-bond donors (Lipinski definition) is 3. The van der Waals surface area contributed by atoms with Gasteiger partial charge in [0, 0.05) is 26.0 Å². The van der Waals surface area contributed by atoms with Crippen LogP contribution < -0.4 is 16.2 Å². The zero-order valence-electron chi connectivity index (χ0n) is 13.0. The van der Waals surface area contributed by atoms with Gasteiger partial charge in [-0.15, -0.1) is 0 Å². The van der Waals surface area contributed by atoms with E-state index in [0.29, 0.717) is 0 Å². The Hall–Kier alpha value is -2.81. The van der Waals surface area contributed by atoms with Crippen molar-refractivity contribution in [1.29, 1.82) is 0 Å². The maximum absolute atomic E-state index is 13.6. The summed E-state index contributed by atoms with van der Waals surface area (Å²) in [5.41, 5.74) is -2.63. The predicted molar refractivity (Wildman–Crippen MR) is 82.8 cm³/mol. The van der Waals surface area contributed by atoms with Crippen LogP contribution in [0.4, 0.5) is 10.1 Å². The van der Waals surface area contributed by atoms with E-state index >= 15 is 0 Å². The smallest absolute Gasteiger partial charge is 0.280 e. The third-order valence-electron chi connectivity index (χ3n) is 4.06. The summed E-state index contributed by atoms with van der Waals surface area (Å²) in [6.45, 7) is 1.42. The quantitative estimate of drug-likeness (QED) is 0.665. The summed E-state index contributed by atoms with van der Waals surface area (Å²) in [5.74, 6) is -2.05. The first-order valence-corrected chi connectivity index (χ1v) is 7.25. The number of imide groups is 1. The van der Waals surface area contributed by atoms with E-state index in [1.807, 2.05) is 5.32 Å². The van der Waals surface area contributed by atoms with E-state index in [-0.39, 0.29) is 35.3 Å². The molecule has 1 atom stereocenters. The van der Waals surface area contributed by atoms with Crippen LogP contribution in [0, 0.1) is 12.7 Å². The molecular formula is C15H15FN4O4. The predicted octanol–water partition coefficient (Wildman–Crippen LogP) is -0.0326. The molecule has 0 spiro atoms. The molecule has 24 heavy (non-hydrogen) atoms. The van der Waals surface area contributed by atoms with Crippen LogP contribution in [-0.4, -0.2) is 33.5 Å². The number of aryl methyl sites for hydroxylation is 1. The Morgan fingerprint density at radius 1 is 1.38 bits per heavy atom. The molecule has 3 rings (SSSR count). The number of piperidine rings is 1. The van der Waals surface area contributed by atoms with Crippen molar-refractivity contribution >= 4 is 28.4 Å². The lowest BCUT2D eigenvalue weighted by Gasteiger charge is -2.32. The van der Waals surface area contributed by atoms with Gasteiger partial charge >= 0.3 is 0 Å². The van der Waals surface area contributed by atoms with Crippen molar-refractivity contribution in [2.24, 2.45) is 0 Å². The van der Waals surface area contributed by atoms with E-state index < -0.39 is 28.9 Å². The number of hydrogen-bond acceptors (Lipinski definition) is 6. The number of amides is 2. The molecule has 0 radical (unpaired) electrons. The highest BCUT2D eigenvalue weighted by Crippen LogP contribution is 2.26. The monoisotopic (exact) mass is 334 g/mol. The fraction of sp³-hybridized carbons (Fsp3) is 0.333. The summed E-state index contributed by atoms with van der Waals surface area (Å²) in [4.78, 5) is 40.5. The van der Waals surface area contributed by atoms with Crippen molar-refractivity contribution in [2.75, 3.05) is 12.4 Å². The second kappa shape index (κ2) is 5.38. The molecule has 0 saturated carbocycles. The number of anilines is 1. The molecule has 2 amide bonds. The lowest BCUT2D eigenvalue weighted by Crippen LogP contribution is -2.58. The molecule has 2 aromatic rings. The zero-order chi connectivity index (χ0) is 17.6. The molecule has 1 saturated heterocycles. The normalized spacial score (nSPS) is 21.0. The number of halogens is 1. The van der Waals surface area contributed by atoms with Crippen molar-refractivity contribution in [3.05, 3.63) is 34.1 Å². The maximum atomic E-state index is 13.6. The number of nitrogens with zero attached hydrogens (tertiary/aromatic N) is 2. The number of aromatic nitrogens is 2. The van der Waals surface area contributed by atoms with Crippen LogP contribution in [0.1, 0.15) is 18.7 Å². The zero-order valence-corrected chi connectivity index (χ0v) is 13.0. The summed E-state index contributed by atoms with van der Waals surface area (Å²) >= 11 is 0. The minimum Gasteiger partial charge on any atom is -0.387 e. The Bertz CT molecular complexity index is 939. The molecule has 2 heterocycles. The molecule has 1 fully saturated rings. The molecule has 0 aliphatic carbocycles. The molecule has 3 N–H and O–H groups in total. The van der Waals surface area contributed by atoms with Gasteiger partial charge in [-0.2, -0.15) is 0 Å². The Morgan fingerprint density at radius 2 is 2.08 bits per heavy atom. The minimum atomic E-state index is -2.23. The van der Waals surface area contributed by atoms with Crippen LogP contribution in [0.25, 0.3) is 10.9 Å². The summed E-state index contributed by atoms with van der Waals surface area (Å²) in [5, 5.41) is 15.5. The molecule has 9 heteroatoms. The minimum absolute atomic E-state index is 0.0344. The lowest BCUT2D eigenvalue weighted by molar-refractivity contribution is -0.161. The van der Waals surface area contributed by atoms with Gasteiger partial charge in [0.15, 0.2) is 0 Å². The van der Waals surface area contributed by atoms with Crippen molar-refractivity contribution in [2.45, 2.75) is 25.5 Å². The van der Waals surface area contributed by atoms with Gasteiger partial charge in [0.25, 0.3) is 11.5 Å². The fourth-order valence-corrected chi connectivity index (χ4v) is 2.93. The van der Waals surface area contributed by atoms with Gasteiger partial charge in [0.1, 0.15) is 11.6 Å². The maximum Gasteiger partial charge on any atom is 0.280 e. The highest BCUT2D eigenvalue weighted by molar-refractivity contribution is 6.01. The number of benzene rings is 1. The standard InChI is InChI=1S/C15H15FN4O4/c1-7-18-10-6-8(16)5-9(17-2)12(10)13(22)20(7)15(24)4-3-11(21)19-14(15)23/h5-6,17,24H,3-4H2,1-2H3,(H,19,21,23). The Labute approximate surface area is 135 Å². The molecular weight excluding hydrogens is 319 g/mol. The molecule has 1 unspecified atom stereocenters. The molecule has 8 nitrogen and oxygen atoms in total. The van der Waals surface area contributed by atoms with Crippen LogP contribution >= 0.6 is 0 Å². The van der Waals surface area contributed by atoms with Gasteiger partial charge in [-0.05, 0) is 13.0 Å². The summed E-state index contributed by atoms with van der Waals surface area (Å²) in [6, 6.07) is 2.23. The Kier molecular flexibility index (Phi) is 3.60. The molecule has 1 aliphatic heterocycles. The van der Waals surface area contributed by atoms with E-state index in [1.165, 1.54) is 14.0 Å². The number of rotatable bonds is 2. The van der Waals surface area contributed by atoms with Crippen LogP contribution in [0.3, 0.4) is 0 Å². The van der Waals surface area contributed by atoms with Gasteiger partial charge in [-0.25, -0.2) is 9.37 Å². The third-order valence-corrected chi connectivity index (χ3v) is 4.06. The fourth-order valence-electron chi connectivity index (χ4n) is 2.93. The molecule has 1 aromatic heterocycles. The number of fused-ring (bicyclic) bond motifs is 1. The molecule has 1 aromatic carbocycles. The SMILES string of the molecule is CNc1cc(F)cc2nc(C)n(C3(O)CCC(=O)NC3=O)c(=O)c12. The second-order valence-electron chi connectivity index (χ2n) is 5.59. The van der Waals surface area contributed by atoms with Crippen molar-refractivity contribution in [1.82, 2.24) is 14.9 Å². The Balaban J connectivity index is 2.34. The topological polar surface area (TPSA) is 113 Å². The average Bonchev–Trinajstić information content (AvgIpc) is 2.50. The van der Waals surface area contributed by atoms with Gasteiger partial charge in [-0.1, -0.05) is 0 Å². The largest absolute Gasteiger partial charge is 0.387 e. The van der Waals surface area contributed by atoms with E-state index in [1.54, 1.807) is 0 Å². The van der Waals surface area contributed by atoms with E-state index in [9.17, 15) is 23.9 Å². The first-order chi connectivity index (χ1) is 11.3. The van der Waals surface area contributed by atoms with Crippen molar-refractivity contribution in [3.8, 4) is 0 Å². The molecule has 126 valence electrons. The lowest BCUT2D eigenvalue weighted by atomic mass is 10.0. The van der Waals surface area contributed by atoms with Gasteiger partial charge in [-0.3, -0.25) is 24.3 Å². The van der Waals surface area contributed by atoms with E-state index in [0.717, 1.165) is 16.7 Å². The van der Waals surface area contributed by atoms with Crippen molar-refractivity contribution in [3.63, 3.8) is 0 Å². The van der Waals surface area contributed by atoms with E-state index in [2.05, 4.69) is 10.3 Å². The Morgan fingerprint density at radius 3 is 2.71 bits per heavy atom. The van der Waals surface area contributed by atoms with Crippen LogP contribution in [0.15, 0.2) is 16.9 Å². The molecule has 1 aliphatic rings. The average molecular weight is 334 g/mol. The second-order valence-corrected chi connectivity index (χ2v) is 5.59. The highest BCUT2D eigenvalue weighted by atomic mass is 19.1. The number of carbonyl (C=O) groups is 2. The van der Waals surface area contributed by atoms with Crippen LogP contribution in [0.5, 0.6) is 0 Å². The third kappa shape index (κ3) is 2.24. The molecule has 0 bridgehead atoms. The number of aliphatic hydroxyl groups is 1. The van der Waals surface area contributed by atoms with Crippen molar-refractivity contribution < 1.29 is 19.1 Å². The summed E-state index contributed by atoms with van der Waals surface area (Å²) in [7, 11) is 1.51. The first kappa shape index (κ1) is 16.1. The van der Waals surface area contributed by atoms with Gasteiger partial charge < -0.3 is 10.4 Å². The summed E-state index contributed by atoms with van der Waals surface area (Å²) in [6.07, 6.45) is -0.365. The van der Waals surface area contributed by atoms with Gasteiger partial charge in [0.05, 0.1) is 16.6 Å². The highest BCUT2D eigenvalue weighted by Gasteiger charge is 2.44. The van der Waals surface area contributed by atoms with Crippen LogP contribution in [0.2, 0.25) is 0 Å².